The van der Waals surface area contributed by atoms with Crippen molar-refractivity contribution in [1.82, 2.24) is 9.88 Å². The summed E-state index contributed by atoms with van der Waals surface area (Å²) in [6.07, 6.45) is 0. The van der Waals surface area contributed by atoms with E-state index in [0.717, 1.165) is 5.52 Å². The fraction of sp³-hybridized carbons (Fsp3) is 0.353. The van der Waals surface area contributed by atoms with Crippen LogP contribution in [0.25, 0.3) is 11.1 Å². The molecule has 1 aromatic carbocycles. The van der Waals surface area contributed by atoms with E-state index in [-0.39, 0.29) is 17.2 Å². The summed E-state index contributed by atoms with van der Waals surface area (Å²) in [5.74, 6) is -0.381. The standard InChI is InChI=1S/C17H19ClN2O2S/c1-17(2,3)15(14-5-4-8-23-14)19-10-20-12-7-6-11(18)9-13(12)22-16(20)21/h4-9,15,19H,10H2,1-3H3. The third kappa shape index (κ3) is 3.37. The molecule has 0 aliphatic rings. The average molecular weight is 351 g/mol. The maximum Gasteiger partial charge on any atom is 0.421 e. The molecule has 1 unspecified atom stereocenters. The number of thiophene rings is 1. The first-order valence-electron chi connectivity index (χ1n) is 7.42. The zero-order valence-electron chi connectivity index (χ0n) is 13.3. The van der Waals surface area contributed by atoms with E-state index in [9.17, 15) is 4.79 Å². The minimum Gasteiger partial charge on any atom is -0.408 e. The molecule has 0 aliphatic carbocycles. The van der Waals surface area contributed by atoms with Crippen molar-refractivity contribution < 1.29 is 4.42 Å². The van der Waals surface area contributed by atoms with Gasteiger partial charge in [0.1, 0.15) is 0 Å². The highest BCUT2D eigenvalue weighted by Gasteiger charge is 2.27. The van der Waals surface area contributed by atoms with Crippen molar-refractivity contribution in [2.75, 3.05) is 0 Å². The Morgan fingerprint density at radius 1 is 1.35 bits per heavy atom. The molecule has 0 saturated carbocycles. The summed E-state index contributed by atoms with van der Waals surface area (Å²) in [5, 5.41) is 6.11. The molecule has 23 heavy (non-hydrogen) atoms. The number of benzene rings is 1. The van der Waals surface area contributed by atoms with Crippen molar-refractivity contribution in [3.05, 3.63) is 56.2 Å². The Balaban J connectivity index is 1.90. The van der Waals surface area contributed by atoms with Crippen LogP contribution in [0.4, 0.5) is 0 Å². The predicted molar refractivity (Wildman–Crippen MR) is 95.1 cm³/mol. The fourth-order valence-corrected chi connectivity index (χ4v) is 3.87. The molecule has 0 radical (unpaired) electrons. The number of oxazole rings is 1. The van der Waals surface area contributed by atoms with Gasteiger partial charge in [-0.3, -0.25) is 9.88 Å². The second-order valence-electron chi connectivity index (χ2n) is 6.58. The molecule has 0 amide bonds. The molecule has 2 aromatic heterocycles. The molecule has 0 spiro atoms. The van der Waals surface area contributed by atoms with E-state index in [0.29, 0.717) is 17.3 Å². The van der Waals surface area contributed by atoms with Crippen molar-refractivity contribution >= 4 is 34.0 Å². The maximum atomic E-state index is 12.1. The number of halogens is 1. The van der Waals surface area contributed by atoms with Crippen LogP contribution >= 0.6 is 22.9 Å². The summed E-state index contributed by atoms with van der Waals surface area (Å²) >= 11 is 7.66. The lowest BCUT2D eigenvalue weighted by atomic mass is 9.86. The molecule has 4 nitrogen and oxygen atoms in total. The summed E-state index contributed by atoms with van der Waals surface area (Å²) in [5.41, 5.74) is 1.27. The molecular weight excluding hydrogens is 332 g/mol. The first-order chi connectivity index (χ1) is 10.9. The topological polar surface area (TPSA) is 47.2 Å². The number of aromatic nitrogens is 1. The van der Waals surface area contributed by atoms with Crippen LogP contribution in [0, 0.1) is 5.41 Å². The molecule has 0 saturated heterocycles. The lowest BCUT2D eigenvalue weighted by Crippen LogP contribution is -2.35. The van der Waals surface area contributed by atoms with E-state index >= 15 is 0 Å². The SMILES string of the molecule is CC(C)(C)C(NCn1c(=O)oc2cc(Cl)ccc21)c1cccs1. The monoisotopic (exact) mass is 350 g/mol. The van der Waals surface area contributed by atoms with Gasteiger partial charge in [-0.25, -0.2) is 4.79 Å². The Bertz CT molecular complexity index is 859. The van der Waals surface area contributed by atoms with E-state index in [4.69, 9.17) is 16.0 Å². The van der Waals surface area contributed by atoms with Gasteiger partial charge < -0.3 is 4.42 Å². The second kappa shape index (κ2) is 6.15. The first kappa shape index (κ1) is 16.3. The predicted octanol–water partition coefficient (Wildman–Crippen LogP) is 4.64. The average Bonchev–Trinajstić information content (AvgIpc) is 3.06. The summed E-state index contributed by atoms with van der Waals surface area (Å²) in [6.45, 7) is 6.93. The van der Waals surface area contributed by atoms with E-state index in [2.05, 4.69) is 37.5 Å². The number of hydrogen-bond donors (Lipinski definition) is 1. The Labute approximate surface area is 143 Å². The van der Waals surface area contributed by atoms with Crippen molar-refractivity contribution in [3.8, 4) is 0 Å². The van der Waals surface area contributed by atoms with Crippen LogP contribution < -0.4 is 11.1 Å². The Kier molecular flexibility index (Phi) is 4.36. The van der Waals surface area contributed by atoms with Crippen LogP contribution in [0.3, 0.4) is 0 Å². The first-order valence-corrected chi connectivity index (χ1v) is 8.68. The Morgan fingerprint density at radius 3 is 2.78 bits per heavy atom. The van der Waals surface area contributed by atoms with Gasteiger partial charge in [-0.2, -0.15) is 0 Å². The van der Waals surface area contributed by atoms with E-state index in [1.54, 1.807) is 28.0 Å². The molecule has 122 valence electrons. The molecule has 6 heteroatoms. The second-order valence-corrected chi connectivity index (χ2v) is 8.00. The van der Waals surface area contributed by atoms with Gasteiger partial charge in [0, 0.05) is 22.0 Å². The lowest BCUT2D eigenvalue weighted by molar-refractivity contribution is 0.258. The molecular formula is C17H19ClN2O2S. The van der Waals surface area contributed by atoms with Crippen LogP contribution in [0.1, 0.15) is 31.7 Å². The quantitative estimate of drug-likeness (QED) is 0.745. The minimum atomic E-state index is -0.381. The molecule has 1 N–H and O–H groups in total. The molecule has 0 fully saturated rings. The number of rotatable bonds is 4. The fourth-order valence-electron chi connectivity index (χ4n) is 2.66. The minimum absolute atomic E-state index is 0.0251. The van der Waals surface area contributed by atoms with Crippen LogP contribution in [0.2, 0.25) is 5.02 Å². The summed E-state index contributed by atoms with van der Waals surface area (Å²) < 4.78 is 6.87. The number of nitrogens with zero attached hydrogens (tertiary/aromatic N) is 1. The van der Waals surface area contributed by atoms with Gasteiger partial charge in [-0.15, -0.1) is 11.3 Å². The maximum absolute atomic E-state index is 12.1. The summed E-state index contributed by atoms with van der Waals surface area (Å²) in [4.78, 5) is 13.4. The molecule has 3 rings (SSSR count). The number of nitrogens with one attached hydrogen (secondary N) is 1. The Hall–Kier alpha value is -1.56. The van der Waals surface area contributed by atoms with Gasteiger partial charge in [-0.05, 0) is 29.0 Å². The zero-order valence-corrected chi connectivity index (χ0v) is 14.9. The third-order valence-electron chi connectivity index (χ3n) is 3.78. The van der Waals surface area contributed by atoms with Gasteiger partial charge in [-0.1, -0.05) is 38.4 Å². The van der Waals surface area contributed by atoms with Crippen LogP contribution in [0.5, 0.6) is 0 Å². The Morgan fingerprint density at radius 2 is 2.13 bits per heavy atom. The number of fused-ring (bicyclic) bond motifs is 1. The zero-order chi connectivity index (χ0) is 16.6. The normalized spacial score (nSPS) is 13.6. The van der Waals surface area contributed by atoms with Crippen LogP contribution in [0.15, 0.2) is 44.9 Å². The molecule has 3 aromatic rings. The van der Waals surface area contributed by atoms with Crippen molar-refractivity contribution in [3.63, 3.8) is 0 Å². The van der Waals surface area contributed by atoms with E-state index in [1.807, 2.05) is 12.1 Å². The van der Waals surface area contributed by atoms with Gasteiger partial charge in [0.2, 0.25) is 0 Å². The van der Waals surface area contributed by atoms with Gasteiger partial charge in [0.25, 0.3) is 0 Å². The van der Waals surface area contributed by atoms with Gasteiger partial charge in [0.05, 0.1) is 12.2 Å². The molecule has 1 atom stereocenters. The molecule has 2 heterocycles. The summed E-state index contributed by atoms with van der Waals surface area (Å²) in [6, 6.07) is 9.53. The largest absolute Gasteiger partial charge is 0.421 e. The van der Waals surface area contributed by atoms with Crippen molar-refractivity contribution in [1.29, 1.82) is 0 Å². The van der Waals surface area contributed by atoms with Crippen LogP contribution in [-0.4, -0.2) is 4.57 Å². The summed E-state index contributed by atoms with van der Waals surface area (Å²) in [7, 11) is 0. The highest BCUT2D eigenvalue weighted by molar-refractivity contribution is 7.10. The van der Waals surface area contributed by atoms with E-state index in [1.165, 1.54) is 4.88 Å². The van der Waals surface area contributed by atoms with Crippen LogP contribution in [-0.2, 0) is 6.67 Å². The van der Waals surface area contributed by atoms with Gasteiger partial charge >= 0.3 is 5.76 Å². The number of hydrogen-bond acceptors (Lipinski definition) is 4. The molecule has 0 bridgehead atoms. The van der Waals surface area contributed by atoms with Crippen molar-refractivity contribution in [2.45, 2.75) is 33.5 Å². The lowest BCUT2D eigenvalue weighted by Gasteiger charge is -2.31. The highest BCUT2D eigenvalue weighted by atomic mass is 35.5. The molecule has 0 aliphatic heterocycles. The van der Waals surface area contributed by atoms with Crippen molar-refractivity contribution in [2.24, 2.45) is 5.41 Å². The highest BCUT2D eigenvalue weighted by Crippen LogP contribution is 2.35. The van der Waals surface area contributed by atoms with E-state index < -0.39 is 0 Å². The smallest absolute Gasteiger partial charge is 0.408 e. The third-order valence-corrected chi connectivity index (χ3v) is 4.95. The van der Waals surface area contributed by atoms with Gasteiger partial charge in [0.15, 0.2) is 5.58 Å².